The van der Waals surface area contributed by atoms with E-state index < -0.39 is 0 Å². The highest BCUT2D eigenvalue weighted by molar-refractivity contribution is 6.04. The summed E-state index contributed by atoms with van der Waals surface area (Å²) in [6, 6.07) is 5.67. The van der Waals surface area contributed by atoms with Crippen LogP contribution in [0.4, 0.5) is 10.5 Å². The Kier molecular flexibility index (Phi) is 5.95. The van der Waals surface area contributed by atoms with Crippen molar-refractivity contribution in [3.63, 3.8) is 0 Å². The zero-order valence-electron chi connectivity index (χ0n) is 15.1. The number of hydrogen-bond acceptors (Lipinski definition) is 2. The largest absolute Gasteiger partial charge is 0.339 e. The Labute approximate surface area is 150 Å². The first kappa shape index (κ1) is 17.8. The molecular formula is C20H29N3O2. The molecule has 0 bridgehead atoms. The summed E-state index contributed by atoms with van der Waals surface area (Å²) < 4.78 is 0. The topological polar surface area (TPSA) is 61.4 Å². The second-order valence-corrected chi connectivity index (χ2v) is 7.28. The molecule has 2 N–H and O–H groups in total. The maximum absolute atomic E-state index is 12.8. The number of benzene rings is 1. The fourth-order valence-electron chi connectivity index (χ4n) is 3.86. The Morgan fingerprint density at radius 2 is 1.68 bits per heavy atom. The normalized spacial score (nSPS) is 18.7. The quantitative estimate of drug-likeness (QED) is 0.813. The van der Waals surface area contributed by atoms with Gasteiger partial charge in [0, 0.05) is 19.1 Å². The van der Waals surface area contributed by atoms with Crippen LogP contribution in [0.2, 0.25) is 0 Å². The molecule has 0 atom stereocenters. The summed E-state index contributed by atoms with van der Waals surface area (Å²) in [6.45, 7) is 3.54. The third-order valence-electron chi connectivity index (χ3n) is 5.33. The van der Waals surface area contributed by atoms with Crippen LogP contribution in [0.1, 0.15) is 67.3 Å². The average molecular weight is 343 g/mol. The number of carbonyl (C=O) groups excluding carboxylic acids is 2. The molecule has 1 aliphatic heterocycles. The lowest BCUT2D eigenvalue weighted by atomic mass is 10.1. The fraction of sp³-hybridized carbons (Fsp3) is 0.600. The van der Waals surface area contributed by atoms with E-state index in [1.807, 2.05) is 30.0 Å². The zero-order chi connectivity index (χ0) is 17.6. The molecule has 2 fully saturated rings. The first-order valence-electron chi connectivity index (χ1n) is 9.61. The van der Waals surface area contributed by atoms with Crippen LogP contribution in [-0.2, 0) is 0 Å². The molecule has 0 radical (unpaired) electrons. The third-order valence-corrected chi connectivity index (χ3v) is 5.33. The van der Waals surface area contributed by atoms with Gasteiger partial charge in [0.2, 0.25) is 0 Å². The Morgan fingerprint density at radius 3 is 2.36 bits per heavy atom. The molecule has 25 heavy (non-hydrogen) atoms. The lowest BCUT2D eigenvalue weighted by Gasteiger charge is -2.21. The van der Waals surface area contributed by atoms with Crippen molar-refractivity contribution in [3.05, 3.63) is 29.3 Å². The monoisotopic (exact) mass is 343 g/mol. The number of carbonyl (C=O) groups is 2. The number of nitrogens with zero attached hydrogens (tertiary/aromatic N) is 1. The number of rotatable bonds is 3. The Bertz CT molecular complexity index is 615. The van der Waals surface area contributed by atoms with Gasteiger partial charge in [0.25, 0.3) is 5.91 Å². The second-order valence-electron chi connectivity index (χ2n) is 7.28. The molecule has 1 aromatic carbocycles. The highest BCUT2D eigenvalue weighted by Crippen LogP contribution is 2.24. The molecule has 2 aliphatic rings. The summed E-state index contributed by atoms with van der Waals surface area (Å²) in [4.78, 5) is 27.2. The third kappa shape index (κ3) is 4.53. The van der Waals surface area contributed by atoms with E-state index in [1.165, 1.54) is 25.7 Å². The van der Waals surface area contributed by atoms with Gasteiger partial charge in [-0.25, -0.2) is 4.79 Å². The van der Waals surface area contributed by atoms with Crippen LogP contribution in [0.15, 0.2) is 18.2 Å². The SMILES string of the molecule is Cc1cccc(C(=O)N2CCCC2)c1NC(=O)NC1CCCCCC1. The first-order chi connectivity index (χ1) is 12.1. The summed E-state index contributed by atoms with van der Waals surface area (Å²) >= 11 is 0. The van der Waals surface area contributed by atoms with E-state index in [9.17, 15) is 9.59 Å². The van der Waals surface area contributed by atoms with E-state index in [0.29, 0.717) is 11.3 Å². The Morgan fingerprint density at radius 1 is 1.00 bits per heavy atom. The number of aryl methyl sites for hydroxylation is 1. The van der Waals surface area contributed by atoms with Crippen molar-refractivity contribution in [1.29, 1.82) is 0 Å². The number of urea groups is 1. The minimum absolute atomic E-state index is 0.0194. The van der Waals surface area contributed by atoms with E-state index in [1.54, 1.807) is 0 Å². The molecule has 0 spiro atoms. The van der Waals surface area contributed by atoms with Gasteiger partial charge in [-0.3, -0.25) is 4.79 Å². The van der Waals surface area contributed by atoms with E-state index in [4.69, 9.17) is 0 Å². The van der Waals surface area contributed by atoms with Gasteiger partial charge in [0.15, 0.2) is 0 Å². The second kappa shape index (κ2) is 8.37. The highest BCUT2D eigenvalue weighted by atomic mass is 16.2. The molecule has 5 nitrogen and oxygen atoms in total. The van der Waals surface area contributed by atoms with Gasteiger partial charge in [-0.15, -0.1) is 0 Å². The van der Waals surface area contributed by atoms with Gasteiger partial charge < -0.3 is 15.5 Å². The van der Waals surface area contributed by atoms with Crippen molar-refractivity contribution in [3.8, 4) is 0 Å². The van der Waals surface area contributed by atoms with E-state index in [2.05, 4.69) is 10.6 Å². The molecule has 3 rings (SSSR count). The highest BCUT2D eigenvalue weighted by Gasteiger charge is 2.24. The van der Waals surface area contributed by atoms with Crippen LogP contribution >= 0.6 is 0 Å². The van der Waals surface area contributed by atoms with Crippen LogP contribution in [0.3, 0.4) is 0 Å². The molecule has 5 heteroatoms. The van der Waals surface area contributed by atoms with Crippen LogP contribution in [0.25, 0.3) is 0 Å². The molecule has 136 valence electrons. The lowest BCUT2D eigenvalue weighted by molar-refractivity contribution is 0.0794. The minimum Gasteiger partial charge on any atom is -0.339 e. The smallest absolute Gasteiger partial charge is 0.319 e. The molecule has 1 aromatic rings. The molecule has 0 unspecified atom stereocenters. The number of hydrogen-bond donors (Lipinski definition) is 2. The van der Waals surface area contributed by atoms with Crippen molar-refractivity contribution in [2.45, 2.75) is 64.3 Å². The van der Waals surface area contributed by atoms with Gasteiger partial charge in [0.1, 0.15) is 0 Å². The number of amides is 3. The molecular weight excluding hydrogens is 314 g/mol. The number of anilines is 1. The van der Waals surface area contributed by atoms with Gasteiger partial charge >= 0.3 is 6.03 Å². The van der Waals surface area contributed by atoms with Gasteiger partial charge in [-0.2, -0.15) is 0 Å². The molecule has 1 aliphatic carbocycles. The fourth-order valence-corrected chi connectivity index (χ4v) is 3.86. The van der Waals surface area contributed by atoms with E-state index in [0.717, 1.165) is 44.3 Å². The molecule has 0 aromatic heterocycles. The van der Waals surface area contributed by atoms with Crippen molar-refractivity contribution in [2.75, 3.05) is 18.4 Å². The van der Waals surface area contributed by atoms with Crippen molar-refractivity contribution >= 4 is 17.6 Å². The average Bonchev–Trinajstić information content (AvgIpc) is 3.02. The standard InChI is InChI=1S/C20H29N3O2/c1-15-9-8-12-17(19(24)23-13-6-7-14-23)18(15)22-20(25)21-16-10-4-2-3-5-11-16/h8-9,12,16H,2-7,10-11,13-14H2,1H3,(H2,21,22,25). The predicted molar refractivity (Wildman–Crippen MR) is 100.0 cm³/mol. The van der Waals surface area contributed by atoms with Crippen LogP contribution in [-0.4, -0.2) is 36.0 Å². The summed E-state index contributed by atoms with van der Waals surface area (Å²) in [5.74, 6) is 0.0194. The predicted octanol–water partition coefficient (Wildman–Crippen LogP) is 4.08. The van der Waals surface area contributed by atoms with Crippen LogP contribution in [0.5, 0.6) is 0 Å². The Balaban J connectivity index is 1.70. The first-order valence-corrected chi connectivity index (χ1v) is 9.61. The van der Waals surface area contributed by atoms with E-state index in [-0.39, 0.29) is 18.0 Å². The van der Waals surface area contributed by atoms with E-state index >= 15 is 0 Å². The van der Waals surface area contributed by atoms with Crippen LogP contribution in [0, 0.1) is 6.92 Å². The van der Waals surface area contributed by atoms with Gasteiger partial charge in [-0.1, -0.05) is 37.8 Å². The van der Waals surface area contributed by atoms with Gasteiger partial charge in [0.05, 0.1) is 11.3 Å². The Hall–Kier alpha value is -2.04. The summed E-state index contributed by atoms with van der Waals surface area (Å²) in [7, 11) is 0. The van der Waals surface area contributed by atoms with Crippen molar-refractivity contribution < 1.29 is 9.59 Å². The molecule has 1 saturated carbocycles. The summed E-state index contributed by atoms with van der Waals surface area (Å²) in [5, 5.41) is 6.05. The van der Waals surface area contributed by atoms with Crippen molar-refractivity contribution in [1.82, 2.24) is 10.2 Å². The van der Waals surface area contributed by atoms with Gasteiger partial charge in [-0.05, 0) is 44.2 Å². The van der Waals surface area contributed by atoms with Crippen LogP contribution < -0.4 is 10.6 Å². The maximum Gasteiger partial charge on any atom is 0.319 e. The lowest BCUT2D eigenvalue weighted by Crippen LogP contribution is -2.38. The molecule has 1 heterocycles. The summed E-state index contributed by atoms with van der Waals surface area (Å²) in [6.07, 6.45) is 9.06. The number of likely N-dealkylation sites (tertiary alicyclic amines) is 1. The number of para-hydroxylation sites is 1. The summed E-state index contributed by atoms with van der Waals surface area (Å²) in [5.41, 5.74) is 2.16. The maximum atomic E-state index is 12.8. The zero-order valence-corrected chi connectivity index (χ0v) is 15.1. The molecule has 1 saturated heterocycles. The molecule has 3 amide bonds. The van der Waals surface area contributed by atoms with Crippen molar-refractivity contribution in [2.24, 2.45) is 0 Å². The number of nitrogens with one attached hydrogen (secondary N) is 2. The minimum atomic E-state index is -0.198.